The lowest BCUT2D eigenvalue weighted by Crippen LogP contribution is -2.45. The minimum absolute atomic E-state index is 0.0975. The van der Waals surface area contributed by atoms with E-state index in [9.17, 15) is 9.59 Å². The molecule has 0 saturated carbocycles. The number of nitrogens with zero attached hydrogens (tertiary/aromatic N) is 1. The van der Waals surface area contributed by atoms with Crippen molar-refractivity contribution in [2.75, 3.05) is 20.1 Å². The van der Waals surface area contributed by atoms with Gasteiger partial charge in [-0.2, -0.15) is 0 Å². The maximum Gasteiger partial charge on any atom is 0.407 e. The Hall–Kier alpha value is -3.34. The minimum Gasteiger partial charge on any atom is -0.436 e. The Morgan fingerprint density at radius 2 is 1.48 bits per heavy atom. The van der Waals surface area contributed by atoms with E-state index in [1.165, 1.54) is 40.4 Å². The largest absolute Gasteiger partial charge is 0.436 e. The van der Waals surface area contributed by atoms with Crippen molar-refractivity contribution in [3.8, 4) is 0 Å². The summed E-state index contributed by atoms with van der Waals surface area (Å²) in [6.07, 6.45) is 5.19. The number of likely N-dealkylation sites (tertiary alicyclic amines) is 1. The second-order valence-electron chi connectivity index (χ2n) is 9.09. The van der Waals surface area contributed by atoms with Crippen molar-refractivity contribution in [1.82, 2.24) is 10.2 Å². The van der Waals surface area contributed by atoms with Crippen LogP contribution in [0.3, 0.4) is 0 Å². The lowest BCUT2D eigenvalue weighted by molar-refractivity contribution is -0.141. The van der Waals surface area contributed by atoms with Crippen molar-refractivity contribution in [2.24, 2.45) is 5.92 Å². The van der Waals surface area contributed by atoms with Gasteiger partial charge in [0.1, 0.15) is 0 Å². The normalized spacial score (nSPS) is 16.1. The van der Waals surface area contributed by atoms with Crippen molar-refractivity contribution in [3.63, 3.8) is 0 Å². The number of carbonyl (C=O) groups excluding carboxylic acids is 2. The van der Waals surface area contributed by atoms with Gasteiger partial charge in [0, 0.05) is 20.1 Å². The molecule has 2 aliphatic rings. The summed E-state index contributed by atoms with van der Waals surface area (Å²) in [4.78, 5) is 26.9. The van der Waals surface area contributed by atoms with Crippen LogP contribution in [0.15, 0.2) is 54.1 Å². The van der Waals surface area contributed by atoms with Crippen LogP contribution in [0.25, 0.3) is 17.7 Å². The van der Waals surface area contributed by atoms with Crippen LogP contribution in [0.2, 0.25) is 0 Å². The van der Waals surface area contributed by atoms with Gasteiger partial charge in [0.15, 0.2) is 6.10 Å². The van der Waals surface area contributed by atoms with E-state index < -0.39 is 12.2 Å². The van der Waals surface area contributed by atoms with Crippen molar-refractivity contribution in [3.05, 3.63) is 76.4 Å². The summed E-state index contributed by atoms with van der Waals surface area (Å²) in [5.41, 5.74) is 7.58. The summed E-state index contributed by atoms with van der Waals surface area (Å²) in [5, 5.41) is 2.46. The van der Waals surface area contributed by atoms with Gasteiger partial charge >= 0.3 is 6.09 Å². The van der Waals surface area contributed by atoms with Crippen LogP contribution in [0.5, 0.6) is 0 Å². The summed E-state index contributed by atoms with van der Waals surface area (Å²) < 4.78 is 5.42. The van der Waals surface area contributed by atoms with E-state index in [2.05, 4.69) is 66.0 Å². The monoisotopic (exact) mass is 444 g/mol. The van der Waals surface area contributed by atoms with E-state index in [4.69, 9.17) is 4.74 Å². The zero-order valence-corrected chi connectivity index (χ0v) is 19.6. The number of hydrogen-bond donors (Lipinski definition) is 1. The first-order chi connectivity index (χ1) is 16.0. The molecule has 0 unspecified atom stereocenters. The molecule has 33 heavy (non-hydrogen) atoms. The molecule has 5 nitrogen and oxygen atoms in total. The third kappa shape index (κ3) is 5.03. The van der Waals surface area contributed by atoms with Crippen molar-refractivity contribution >= 4 is 29.7 Å². The second kappa shape index (κ2) is 10.1. The lowest BCUT2D eigenvalue weighted by atomic mass is 9.86. The zero-order valence-electron chi connectivity index (χ0n) is 19.6. The van der Waals surface area contributed by atoms with Crippen LogP contribution in [-0.4, -0.2) is 43.1 Å². The number of fused-ring (bicyclic) bond motifs is 2. The van der Waals surface area contributed by atoms with Crippen molar-refractivity contribution in [2.45, 2.75) is 39.2 Å². The molecule has 1 saturated heterocycles. The molecule has 0 bridgehead atoms. The number of benzene rings is 2. The van der Waals surface area contributed by atoms with Crippen molar-refractivity contribution < 1.29 is 14.3 Å². The molecule has 1 heterocycles. The van der Waals surface area contributed by atoms with Gasteiger partial charge in [-0.15, -0.1) is 0 Å². The fourth-order valence-electron chi connectivity index (χ4n) is 4.71. The molecule has 1 fully saturated rings. The first-order valence-electron chi connectivity index (χ1n) is 11.7. The van der Waals surface area contributed by atoms with E-state index in [-0.39, 0.29) is 11.8 Å². The third-order valence-electron chi connectivity index (χ3n) is 6.35. The number of amides is 2. The van der Waals surface area contributed by atoms with E-state index in [1.54, 1.807) is 0 Å². The molecule has 5 heteroatoms. The molecule has 172 valence electrons. The van der Waals surface area contributed by atoms with Gasteiger partial charge < -0.3 is 15.0 Å². The summed E-state index contributed by atoms with van der Waals surface area (Å²) in [5.74, 6) is 0.150. The molecule has 0 radical (unpaired) electrons. The molecule has 1 aliphatic carbocycles. The predicted molar refractivity (Wildman–Crippen MR) is 132 cm³/mol. The molecule has 1 aliphatic heterocycles. The quantitative estimate of drug-likeness (QED) is 0.589. The molecule has 0 spiro atoms. The second-order valence-corrected chi connectivity index (χ2v) is 9.09. The molecule has 1 N–H and O–H groups in total. The summed E-state index contributed by atoms with van der Waals surface area (Å²) in [6, 6.07) is 17.0. The summed E-state index contributed by atoms with van der Waals surface area (Å²) >= 11 is 0. The SMILES string of the molecule is CNC(=O)O[C@@H](CC(C)C)C(=O)N1CCC(=C2c3ccccc3C=Cc3ccccc32)CC1. The molecule has 2 aromatic rings. The Balaban J connectivity index is 1.60. The highest BCUT2D eigenvalue weighted by Crippen LogP contribution is 2.38. The fourth-order valence-corrected chi connectivity index (χ4v) is 4.71. The van der Waals surface area contributed by atoms with Gasteiger partial charge in [0.05, 0.1) is 0 Å². The van der Waals surface area contributed by atoms with Gasteiger partial charge in [-0.25, -0.2) is 4.79 Å². The fraction of sp³-hybridized carbons (Fsp3) is 0.357. The number of carbonyl (C=O) groups is 2. The van der Waals surface area contributed by atoms with Crippen LogP contribution in [0.4, 0.5) is 4.79 Å². The number of hydrogen-bond acceptors (Lipinski definition) is 3. The topological polar surface area (TPSA) is 58.6 Å². The molecule has 2 amide bonds. The Labute approximate surface area is 196 Å². The highest BCUT2D eigenvalue weighted by Gasteiger charge is 2.31. The highest BCUT2D eigenvalue weighted by atomic mass is 16.6. The van der Waals surface area contributed by atoms with Crippen LogP contribution in [0.1, 0.15) is 55.4 Å². The first-order valence-corrected chi connectivity index (χ1v) is 11.7. The summed E-state index contributed by atoms with van der Waals surface area (Å²) in [7, 11) is 1.51. The number of ether oxygens (including phenoxy) is 1. The van der Waals surface area contributed by atoms with Crippen LogP contribution < -0.4 is 5.32 Å². The van der Waals surface area contributed by atoms with Gasteiger partial charge in [-0.05, 0) is 53.0 Å². The molecular formula is C28H32N2O3. The van der Waals surface area contributed by atoms with Crippen LogP contribution in [-0.2, 0) is 9.53 Å². The minimum atomic E-state index is -0.748. The van der Waals surface area contributed by atoms with E-state index in [1.807, 2.05) is 18.7 Å². The molecule has 4 rings (SSSR count). The Morgan fingerprint density at radius 3 is 2.00 bits per heavy atom. The smallest absolute Gasteiger partial charge is 0.407 e. The third-order valence-corrected chi connectivity index (χ3v) is 6.35. The standard InChI is InChI=1S/C28H32N2O3/c1-19(2)18-25(33-28(32)29-3)27(31)30-16-14-22(15-17-30)26-23-10-6-4-8-20(23)12-13-21-9-5-7-11-24(21)26/h4-13,19,25H,14-18H2,1-3H3,(H,29,32)/t25-/m0/s1. The maximum atomic E-state index is 13.2. The lowest BCUT2D eigenvalue weighted by Gasteiger charge is -2.33. The maximum absolute atomic E-state index is 13.2. The van der Waals surface area contributed by atoms with E-state index in [0.29, 0.717) is 19.5 Å². The van der Waals surface area contributed by atoms with Crippen molar-refractivity contribution in [1.29, 1.82) is 0 Å². The van der Waals surface area contributed by atoms with E-state index in [0.717, 1.165) is 12.8 Å². The average Bonchev–Trinajstić information content (AvgIpc) is 3.00. The molecule has 1 atom stereocenters. The first kappa shape index (κ1) is 22.8. The number of rotatable bonds is 4. The Bertz CT molecular complexity index is 1040. The van der Waals surface area contributed by atoms with Gasteiger partial charge in [-0.1, -0.05) is 80.1 Å². The number of piperidine rings is 1. The summed E-state index contributed by atoms with van der Waals surface area (Å²) in [6.45, 7) is 5.31. The van der Waals surface area contributed by atoms with E-state index >= 15 is 0 Å². The molecular weight excluding hydrogens is 412 g/mol. The Kier molecular flexibility index (Phi) is 6.97. The van der Waals surface area contributed by atoms with Gasteiger partial charge in [0.25, 0.3) is 5.91 Å². The highest BCUT2D eigenvalue weighted by molar-refractivity contribution is 5.95. The zero-order chi connectivity index (χ0) is 23.4. The number of nitrogens with one attached hydrogen (secondary N) is 1. The van der Waals surface area contributed by atoms with Gasteiger partial charge in [-0.3, -0.25) is 4.79 Å². The average molecular weight is 445 g/mol. The molecule has 0 aromatic heterocycles. The van der Waals surface area contributed by atoms with Gasteiger partial charge in [0.2, 0.25) is 0 Å². The Morgan fingerprint density at radius 1 is 0.939 bits per heavy atom. The van der Waals surface area contributed by atoms with Crippen LogP contribution in [0, 0.1) is 5.92 Å². The predicted octanol–water partition coefficient (Wildman–Crippen LogP) is 5.37. The number of alkyl carbamates (subject to hydrolysis) is 1. The van der Waals surface area contributed by atoms with Crippen LogP contribution >= 0.6 is 0 Å². The molecule has 2 aromatic carbocycles.